The molecule has 2 aromatic carbocycles. The minimum atomic E-state index is -0.380. The third-order valence-corrected chi connectivity index (χ3v) is 4.64. The lowest BCUT2D eigenvalue weighted by atomic mass is 10.1. The molecule has 2 aromatic heterocycles. The molecule has 29 heavy (non-hydrogen) atoms. The molecule has 1 N–H and O–H groups in total. The van der Waals surface area contributed by atoms with Crippen molar-refractivity contribution < 1.29 is 19.0 Å². The van der Waals surface area contributed by atoms with Crippen molar-refractivity contribution in [2.45, 2.75) is 0 Å². The van der Waals surface area contributed by atoms with Crippen LogP contribution >= 0.6 is 0 Å². The summed E-state index contributed by atoms with van der Waals surface area (Å²) in [5.41, 5.74) is 3.59. The Balaban J connectivity index is 1.58. The normalized spacial score (nSPS) is 12.2. The van der Waals surface area contributed by atoms with Crippen LogP contribution in [0.4, 0.5) is 11.5 Å². The van der Waals surface area contributed by atoms with Crippen LogP contribution in [0.3, 0.4) is 0 Å². The Morgan fingerprint density at radius 1 is 1.14 bits per heavy atom. The van der Waals surface area contributed by atoms with Crippen molar-refractivity contribution in [2.24, 2.45) is 0 Å². The standard InChI is InChI=1S/C21H16N4O4/c1-27-21(26)14-4-2-13(3-5-14)19-20(25-9-8-22-11-18(25)24-19)23-15-6-7-16-17(10-15)29-12-28-16/h2-11,23H,12H2,1H3. The third-order valence-electron chi connectivity index (χ3n) is 4.64. The number of esters is 1. The predicted molar refractivity (Wildman–Crippen MR) is 106 cm³/mol. The van der Waals surface area contributed by atoms with Gasteiger partial charge in [0.1, 0.15) is 11.5 Å². The van der Waals surface area contributed by atoms with Gasteiger partial charge >= 0.3 is 5.97 Å². The van der Waals surface area contributed by atoms with E-state index < -0.39 is 0 Å². The summed E-state index contributed by atoms with van der Waals surface area (Å²) in [7, 11) is 1.36. The maximum atomic E-state index is 11.7. The van der Waals surface area contributed by atoms with Gasteiger partial charge < -0.3 is 19.5 Å². The number of anilines is 2. The summed E-state index contributed by atoms with van der Waals surface area (Å²) in [6.07, 6.45) is 5.23. The molecule has 4 aromatic rings. The number of carbonyl (C=O) groups excluding carboxylic acids is 1. The van der Waals surface area contributed by atoms with Gasteiger partial charge in [-0.05, 0) is 24.3 Å². The fourth-order valence-corrected chi connectivity index (χ4v) is 3.22. The monoisotopic (exact) mass is 388 g/mol. The summed E-state index contributed by atoms with van der Waals surface area (Å²) < 4.78 is 17.5. The van der Waals surface area contributed by atoms with Crippen LogP contribution in [0.1, 0.15) is 10.4 Å². The molecule has 8 heteroatoms. The quantitative estimate of drug-likeness (QED) is 0.534. The Bertz CT molecular complexity index is 1220. The second-order valence-corrected chi connectivity index (χ2v) is 6.38. The number of carbonyl (C=O) groups is 1. The lowest BCUT2D eigenvalue weighted by Crippen LogP contribution is -2.00. The molecule has 8 nitrogen and oxygen atoms in total. The molecule has 0 bridgehead atoms. The second kappa shape index (κ2) is 6.83. The molecular formula is C21H16N4O4. The Hall–Kier alpha value is -4.07. The van der Waals surface area contributed by atoms with E-state index in [0.29, 0.717) is 17.0 Å². The van der Waals surface area contributed by atoms with Crippen LogP contribution in [0.5, 0.6) is 11.5 Å². The minimum absolute atomic E-state index is 0.220. The van der Waals surface area contributed by atoms with Gasteiger partial charge in [0.15, 0.2) is 17.1 Å². The SMILES string of the molecule is COC(=O)c1ccc(-c2nc3cnccn3c2Nc2ccc3c(c2)OCO3)cc1. The van der Waals surface area contributed by atoms with E-state index in [0.717, 1.165) is 28.5 Å². The highest BCUT2D eigenvalue weighted by Crippen LogP contribution is 2.37. The zero-order valence-corrected chi connectivity index (χ0v) is 15.5. The number of nitrogens with zero attached hydrogens (tertiary/aromatic N) is 3. The zero-order valence-electron chi connectivity index (χ0n) is 15.5. The summed E-state index contributed by atoms with van der Waals surface area (Å²) in [5.74, 6) is 1.80. The molecule has 0 unspecified atom stereocenters. The van der Waals surface area contributed by atoms with E-state index >= 15 is 0 Å². The molecule has 1 aliphatic rings. The van der Waals surface area contributed by atoms with Gasteiger partial charge in [-0.3, -0.25) is 9.38 Å². The first kappa shape index (κ1) is 17.1. The second-order valence-electron chi connectivity index (χ2n) is 6.38. The first-order valence-corrected chi connectivity index (χ1v) is 8.90. The number of methoxy groups -OCH3 is 1. The molecule has 1 aliphatic heterocycles. The van der Waals surface area contributed by atoms with Crippen LogP contribution in [0.15, 0.2) is 61.1 Å². The zero-order chi connectivity index (χ0) is 19.8. The Kier molecular flexibility index (Phi) is 4.02. The third kappa shape index (κ3) is 3.00. The van der Waals surface area contributed by atoms with E-state index in [2.05, 4.69) is 10.3 Å². The van der Waals surface area contributed by atoms with E-state index in [1.54, 1.807) is 24.5 Å². The van der Waals surface area contributed by atoms with Gasteiger partial charge in [-0.2, -0.15) is 0 Å². The van der Waals surface area contributed by atoms with Crippen LogP contribution in [-0.4, -0.2) is 34.2 Å². The van der Waals surface area contributed by atoms with E-state index in [4.69, 9.17) is 19.2 Å². The van der Waals surface area contributed by atoms with Crippen LogP contribution in [0.2, 0.25) is 0 Å². The number of rotatable bonds is 4. The van der Waals surface area contributed by atoms with E-state index in [-0.39, 0.29) is 12.8 Å². The molecule has 0 saturated heterocycles. The molecule has 0 amide bonds. The molecule has 0 fully saturated rings. The van der Waals surface area contributed by atoms with Gasteiger partial charge in [0.05, 0.1) is 18.9 Å². The molecule has 0 atom stereocenters. The number of aromatic nitrogens is 3. The van der Waals surface area contributed by atoms with Gasteiger partial charge in [-0.25, -0.2) is 9.78 Å². The highest BCUT2D eigenvalue weighted by Gasteiger charge is 2.18. The molecule has 0 spiro atoms. The highest BCUT2D eigenvalue weighted by molar-refractivity contribution is 5.90. The Morgan fingerprint density at radius 3 is 2.79 bits per heavy atom. The number of benzene rings is 2. The molecule has 0 saturated carbocycles. The first-order chi connectivity index (χ1) is 14.2. The van der Waals surface area contributed by atoms with Gasteiger partial charge in [0.2, 0.25) is 6.79 Å². The smallest absolute Gasteiger partial charge is 0.337 e. The van der Waals surface area contributed by atoms with Crippen LogP contribution in [0, 0.1) is 0 Å². The number of fused-ring (bicyclic) bond motifs is 2. The first-order valence-electron chi connectivity index (χ1n) is 8.90. The van der Waals surface area contributed by atoms with Crippen molar-refractivity contribution in [3.05, 3.63) is 66.6 Å². The highest BCUT2D eigenvalue weighted by atomic mass is 16.7. The van der Waals surface area contributed by atoms with Crippen LogP contribution in [-0.2, 0) is 4.74 Å². The Labute approximate surface area is 165 Å². The molecular weight excluding hydrogens is 372 g/mol. The maximum Gasteiger partial charge on any atom is 0.337 e. The van der Waals surface area contributed by atoms with Crippen molar-refractivity contribution in [3.8, 4) is 22.8 Å². The summed E-state index contributed by atoms with van der Waals surface area (Å²) in [4.78, 5) is 20.6. The molecule has 3 heterocycles. The Morgan fingerprint density at radius 2 is 1.97 bits per heavy atom. The predicted octanol–water partition coefficient (Wildman–Crippen LogP) is 3.66. The van der Waals surface area contributed by atoms with Gasteiger partial charge in [-0.15, -0.1) is 0 Å². The number of imidazole rings is 1. The largest absolute Gasteiger partial charge is 0.465 e. The van der Waals surface area contributed by atoms with Crippen molar-refractivity contribution >= 4 is 23.1 Å². The van der Waals surface area contributed by atoms with Crippen molar-refractivity contribution in [2.75, 3.05) is 19.2 Å². The molecule has 0 aliphatic carbocycles. The topological polar surface area (TPSA) is 87.0 Å². The van der Waals surface area contributed by atoms with E-state index in [1.165, 1.54) is 7.11 Å². The number of ether oxygens (including phenoxy) is 3. The van der Waals surface area contributed by atoms with Crippen LogP contribution in [0.25, 0.3) is 16.9 Å². The average molecular weight is 388 g/mol. The van der Waals surface area contributed by atoms with Gasteiger partial charge in [-0.1, -0.05) is 12.1 Å². The van der Waals surface area contributed by atoms with E-state index in [9.17, 15) is 4.79 Å². The van der Waals surface area contributed by atoms with E-state index in [1.807, 2.05) is 40.9 Å². The summed E-state index contributed by atoms with van der Waals surface area (Å²) in [5, 5.41) is 3.42. The maximum absolute atomic E-state index is 11.7. The minimum Gasteiger partial charge on any atom is -0.465 e. The summed E-state index contributed by atoms with van der Waals surface area (Å²) in [6, 6.07) is 12.8. The summed E-state index contributed by atoms with van der Waals surface area (Å²) >= 11 is 0. The lowest BCUT2D eigenvalue weighted by molar-refractivity contribution is 0.0600. The molecule has 0 radical (unpaired) electrons. The van der Waals surface area contributed by atoms with Crippen molar-refractivity contribution in [1.82, 2.24) is 14.4 Å². The number of nitrogens with one attached hydrogen (secondary N) is 1. The van der Waals surface area contributed by atoms with Gasteiger partial charge in [0, 0.05) is 29.7 Å². The van der Waals surface area contributed by atoms with Crippen molar-refractivity contribution in [3.63, 3.8) is 0 Å². The summed E-state index contributed by atoms with van der Waals surface area (Å²) in [6.45, 7) is 0.220. The number of hydrogen-bond donors (Lipinski definition) is 1. The fourth-order valence-electron chi connectivity index (χ4n) is 3.22. The lowest BCUT2D eigenvalue weighted by Gasteiger charge is -2.10. The fraction of sp³-hybridized carbons (Fsp3) is 0.0952. The average Bonchev–Trinajstić information content (AvgIpc) is 3.38. The molecule has 144 valence electrons. The van der Waals surface area contributed by atoms with Crippen molar-refractivity contribution in [1.29, 1.82) is 0 Å². The number of hydrogen-bond acceptors (Lipinski definition) is 7. The van der Waals surface area contributed by atoms with Gasteiger partial charge in [0.25, 0.3) is 0 Å². The van der Waals surface area contributed by atoms with Crippen LogP contribution < -0.4 is 14.8 Å². The molecule has 5 rings (SSSR count).